The van der Waals surface area contributed by atoms with E-state index in [1.54, 1.807) is 30.9 Å². The zero-order chi connectivity index (χ0) is 23.0. The van der Waals surface area contributed by atoms with Crippen LogP contribution in [-0.4, -0.2) is 29.5 Å². The third kappa shape index (κ3) is 4.06. The SMILES string of the molecule is COc1cc2c(N[C@H](C)c3cccc(C(F)F)c3F)nc(C)nc2cc1N(C=O)C1CC1. The highest BCUT2D eigenvalue weighted by atomic mass is 19.3. The number of benzene rings is 2. The summed E-state index contributed by atoms with van der Waals surface area (Å²) in [5.74, 6) is 0.416. The number of alkyl halides is 2. The number of nitrogens with one attached hydrogen (secondary N) is 1. The molecular weight excluding hydrogens is 421 g/mol. The van der Waals surface area contributed by atoms with Crippen molar-refractivity contribution in [1.82, 2.24) is 9.97 Å². The normalized spacial score (nSPS) is 14.5. The molecule has 9 heteroatoms. The van der Waals surface area contributed by atoms with Crippen LogP contribution >= 0.6 is 0 Å². The number of hydrogen-bond acceptors (Lipinski definition) is 5. The Morgan fingerprint density at radius 1 is 1.22 bits per heavy atom. The van der Waals surface area contributed by atoms with Crippen molar-refractivity contribution >= 4 is 28.8 Å². The van der Waals surface area contributed by atoms with Crippen LogP contribution in [0.15, 0.2) is 30.3 Å². The van der Waals surface area contributed by atoms with Crippen molar-refractivity contribution in [2.75, 3.05) is 17.3 Å². The lowest BCUT2D eigenvalue weighted by Gasteiger charge is -2.22. The van der Waals surface area contributed by atoms with Gasteiger partial charge in [-0.15, -0.1) is 0 Å². The molecule has 0 radical (unpaired) electrons. The summed E-state index contributed by atoms with van der Waals surface area (Å²) < 4.78 is 46.4. The zero-order valence-corrected chi connectivity index (χ0v) is 17.9. The lowest BCUT2D eigenvalue weighted by molar-refractivity contribution is -0.107. The maximum Gasteiger partial charge on any atom is 0.266 e. The Balaban J connectivity index is 1.76. The maximum absolute atomic E-state index is 14.6. The number of methoxy groups -OCH3 is 1. The van der Waals surface area contributed by atoms with Crippen molar-refractivity contribution in [2.45, 2.75) is 45.2 Å². The topological polar surface area (TPSA) is 67.3 Å². The van der Waals surface area contributed by atoms with Crippen molar-refractivity contribution in [2.24, 2.45) is 0 Å². The number of hydrogen-bond donors (Lipinski definition) is 1. The Kier molecular flexibility index (Phi) is 5.90. The quantitative estimate of drug-likeness (QED) is 0.476. The van der Waals surface area contributed by atoms with Crippen LogP contribution in [0, 0.1) is 12.7 Å². The fourth-order valence-corrected chi connectivity index (χ4v) is 3.78. The highest BCUT2D eigenvalue weighted by Gasteiger charge is 2.31. The van der Waals surface area contributed by atoms with Crippen LogP contribution in [0.3, 0.4) is 0 Å². The molecular formula is C23H23F3N4O2. The van der Waals surface area contributed by atoms with Crippen molar-refractivity contribution in [3.05, 3.63) is 53.1 Å². The van der Waals surface area contributed by atoms with Gasteiger partial charge in [-0.2, -0.15) is 0 Å². The molecule has 1 heterocycles. The number of carbonyl (C=O) groups is 1. The molecule has 4 rings (SSSR count). The Labute approximate surface area is 183 Å². The molecule has 32 heavy (non-hydrogen) atoms. The number of aromatic nitrogens is 2. The van der Waals surface area contributed by atoms with Gasteiger partial charge in [-0.3, -0.25) is 4.79 Å². The number of rotatable bonds is 8. The number of nitrogens with zero attached hydrogens (tertiary/aromatic N) is 3. The molecule has 0 bridgehead atoms. The van der Waals surface area contributed by atoms with Crippen molar-refractivity contribution in [3.8, 4) is 5.75 Å². The highest BCUT2D eigenvalue weighted by molar-refractivity contribution is 5.96. The van der Waals surface area contributed by atoms with Gasteiger partial charge in [0.15, 0.2) is 0 Å². The Hall–Kier alpha value is -3.36. The molecule has 1 aliphatic rings. The monoisotopic (exact) mass is 444 g/mol. The second-order valence-electron chi connectivity index (χ2n) is 7.82. The third-order valence-electron chi connectivity index (χ3n) is 5.55. The minimum absolute atomic E-state index is 0.108. The second kappa shape index (κ2) is 8.64. The molecule has 0 saturated heterocycles. The first-order valence-electron chi connectivity index (χ1n) is 10.3. The van der Waals surface area contributed by atoms with Crippen LogP contribution < -0.4 is 15.0 Å². The molecule has 1 atom stereocenters. The molecule has 1 saturated carbocycles. The van der Waals surface area contributed by atoms with Gasteiger partial charge in [-0.05, 0) is 38.8 Å². The van der Waals surface area contributed by atoms with Gasteiger partial charge >= 0.3 is 0 Å². The maximum atomic E-state index is 14.6. The van der Waals surface area contributed by atoms with E-state index in [1.165, 1.54) is 19.2 Å². The molecule has 1 N–H and O–H groups in total. The molecule has 3 aromatic rings. The summed E-state index contributed by atoms with van der Waals surface area (Å²) in [6.45, 7) is 3.39. The average molecular weight is 444 g/mol. The minimum Gasteiger partial charge on any atom is -0.495 e. The first kappa shape index (κ1) is 21.9. The van der Waals surface area contributed by atoms with Crippen molar-refractivity contribution in [1.29, 1.82) is 0 Å². The Morgan fingerprint density at radius 2 is 1.94 bits per heavy atom. The average Bonchev–Trinajstić information content (AvgIpc) is 3.58. The van der Waals surface area contributed by atoms with Crippen LogP contribution in [0.5, 0.6) is 5.75 Å². The molecule has 2 aromatic carbocycles. The summed E-state index contributed by atoms with van der Waals surface area (Å²) >= 11 is 0. The van der Waals surface area contributed by atoms with Crippen LogP contribution in [-0.2, 0) is 4.79 Å². The smallest absolute Gasteiger partial charge is 0.266 e. The predicted molar refractivity (Wildman–Crippen MR) is 116 cm³/mol. The van der Waals surface area contributed by atoms with Gasteiger partial charge in [0.05, 0.1) is 29.9 Å². The van der Waals surface area contributed by atoms with E-state index in [9.17, 15) is 18.0 Å². The number of aryl methyl sites for hydroxylation is 1. The van der Waals surface area contributed by atoms with Crippen LogP contribution in [0.25, 0.3) is 10.9 Å². The molecule has 1 aliphatic carbocycles. The van der Waals surface area contributed by atoms with E-state index in [-0.39, 0.29) is 11.6 Å². The van der Waals surface area contributed by atoms with Gasteiger partial charge in [0.1, 0.15) is 23.2 Å². The molecule has 1 amide bonds. The van der Waals surface area contributed by atoms with Crippen molar-refractivity contribution < 1.29 is 22.7 Å². The molecule has 1 fully saturated rings. The fraction of sp³-hybridized carbons (Fsp3) is 0.348. The Bertz CT molecular complexity index is 1170. The third-order valence-corrected chi connectivity index (χ3v) is 5.55. The summed E-state index contributed by atoms with van der Waals surface area (Å²) in [6.07, 6.45) is -0.263. The van der Waals surface area contributed by atoms with Gasteiger partial charge in [-0.25, -0.2) is 23.1 Å². The molecule has 0 spiro atoms. The zero-order valence-electron chi connectivity index (χ0n) is 17.9. The number of carbonyl (C=O) groups excluding carboxylic acids is 1. The number of halogens is 3. The van der Waals surface area contributed by atoms with E-state index in [2.05, 4.69) is 15.3 Å². The number of fused-ring (bicyclic) bond motifs is 1. The molecule has 6 nitrogen and oxygen atoms in total. The van der Waals surface area contributed by atoms with Crippen LogP contribution in [0.1, 0.15) is 49.2 Å². The molecule has 0 aliphatic heterocycles. The lowest BCUT2D eigenvalue weighted by Crippen LogP contribution is -2.24. The minimum atomic E-state index is -2.90. The van der Waals surface area contributed by atoms with E-state index in [1.807, 2.05) is 0 Å². The fourth-order valence-electron chi connectivity index (χ4n) is 3.78. The lowest BCUT2D eigenvalue weighted by atomic mass is 10.0. The summed E-state index contributed by atoms with van der Waals surface area (Å²) in [5.41, 5.74) is 0.666. The number of ether oxygens (including phenoxy) is 1. The standard InChI is InChI=1S/C23H23F3N4O2/c1-12(15-5-4-6-16(21(15)24)22(25)26)27-23-17-9-20(32-3)19(30(11-31)14-7-8-14)10-18(17)28-13(2)29-23/h4-6,9-12,14,22H,7-8H2,1-3H3,(H,27,28,29)/t12-/m1/s1. The van der Waals surface area contributed by atoms with E-state index in [4.69, 9.17) is 4.74 Å². The summed E-state index contributed by atoms with van der Waals surface area (Å²) in [5, 5.41) is 3.73. The van der Waals surface area contributed by atoms with Gasteiger partial charge in [0, 0.05) is 17.0 Å². The van der Waals surface area contributed by atoms with E-state index >= 15 is 0 Å². The first-order chi connectivity index (χ1) is 15.3. The van der Waals surface area contributed by atoms with E-state index in [0.717, 1.165) is 25.3 Å². The van der Waals surface area contributed by atoms with Crippen molar-refractivity contribution in [3.63, 3.8) is 0 Å². The molecule has 1 aromatic heterocycles. The Morgan fingerprint density at radius 3 is 2.56 bits per heavy atom. The summed E-state index contributed by atoms with van der Waals surface area (Å²) in [6, 6.07) is 6.94. The largest absolute Gasteiger partial charge is 0.495 e. The van der Waals surface area contributed by atoms with Crippen LogP contribution in [0.2, 0.25) is 0 Å². The van der Waals surface area contributed by atoms with Gasteiger partial charge in [0.2, 0.25) is 6.41 Å². The summed E-state index contributed by atoms with van der Waals surface area (Å²) in [7, 11) is 1.51. The highest BCUT2D eigenvalue weighted by Crippen LogP contribution is 2.40. The second-order valence-corrected chi connectivity index (χ2v) is 7.82. The van der Waals surface area contributed by atoms with Crippen LogP contribution in [0.4, 0.5) is 24.7 Å². The number of anilines is 2. The van der Waals surface area contributed by atoms with Gasteiger partial charge in [-0.1, -0.05) is 18.2 Å². The van der Waals surface area contributed by atoms with E-state index in [0.29, 0.717) is 34.0 Å². The van der Waals surface area contributed by atoms with Gasteiger partial charge < -0.3 is 15.0 Å². The first-order valence-corrected chi connectivity index (χ1v) is 10.3. The molecule has 0 unspecified atom stereocenters. The predicted octanol–water partition coefficient (Wildman–Crippen LogP) is 5.32. The van der Waals surface area contributed by atoms with Gasteiger partial charge in [0.25, 0.3) is 6.43 Å². The van der Waals surface area contributed by atoms with E-state index < -0.39 is 23.8 Å². The summed E-state index contributed by atoms with van der Waals surface area (Å²) in [4.78, 5) is 22.2. The number of amides is 1. The molecule has 168 valence electrons.